The lowest BCUT2D eigenvalue weighted by Gasteiger charge is -2.22. The van der Waals surface area contributed by atoms with Crippen LogP contribution in [0, 0.1) is 0 Å². The fourth-order valence-corrected chi connectivity index (χ4v) is 4.60. The second-order valence-corrected chi connectivity index (χ2v) is 7.10. The van der Waals surface area contributed by atoms with E-state index >= 15 is 0 Å². The first kappa shape index (κ1) is 14.9. The van der Waals surface area contributed by atoms with E-state index in [4.69, 9.17) is 4.74 Å². The molecule has 3 rings (SSSR count). The summed E-state index contributed by atoms with van der Waals surface area (Å²) in [5.41, 5.74) is 2.59. The highest BCUT2D eigenvalue weighted by Gasteiger charge is 2.34. The van der Waals surface area contributed by atoms with Crippen LogP contribution in [0.15, 0.2) is 35.7 Å². The monoisotopic (exact) mass is 364 g/mol. The molecule has 0 N–H and O–H groups in total. The number of alkyl halides is 1. The van der Waals surface area contributed by atoms with Crippen LogP contribution in [0.5, 0.6) is 0 Å². The minimum atomic E-state index is -0.0980. The van der Waals surface area contributed by atoms with Gasteiger partial charge in [0.1, 0.15) is 6.10 Å². The van der Waals surface area contributed by atoms with Crippen LogP contribution in [0.3, 0.4) is 0 Å². The summed E-state index contributed by atoms with van der Waals surface area (Å²) in [5, 5.41) is 1.98. The van der Waals surface area contributed by atoms with Crippen LogP contribution >= 0.6 is 27.3 Å². The summed E-state index contributed by atoms with van der Waals surface area (Å²) in [6.45, 7) is 2.87. The highest BCUT2D eigenvalue weighted by molar-refractivity contribution is 9.09. The van der Waals surface area contributed by atoms with Gasteiger partial charge in [-0.05, 0) is 23.4 Å². The molecule has 21 heavy (non-hydrogen) atoms. The molecule has 2 nitrogen and oxygen atoms in total. The third-order valence-corrected chi connectivity index (χ3v) is 5.71. The van der Waals surface area contributed by atoms with Gasteiger partial charge in [-0.1, -0.05) is 53.5 Å². The Morgan fingerprint density at radius 2 is 2.05 bits per heavy atom. The van der Waals surface area contributed by atoms with Gasteiger partial charge in [-0.3, -0.25) is 4.79 Å². The van der Waals surface area contributed by atoms with Crippen LogP contribution < -0.4 is 0 Å². The predicted molar refractivity (Wildman–Crippen MR) is 89.5 cm³/mol. The highest BCUT2D eigenvalue weighted by Crippen LogP contribution is 2.46. The lowest BCUT2D eigenvalue weighted by atomic mass is 10.0. The third-order valence-electron chi connectivity index (χ3n) is 3.76. The van der Waals surface area contributed by atoms with E-state index in [2.05, 4.69) is 22.9 Å². The number of hydrogen-bond acceptors (Lipinski definition) is 3. The quantitative estimate of drug-likeness (QED) is 0.544. The Labute approximate surface area is 137 Å². The van der Waals surface area contributed by atoms with Gasteiger partial charge < -0.3 is 4.74 Å². The zero-order valence-corrected chi connectivity index (χ0v) is 14.2. The number of rotatable bonds is 4. The predicted octanol–water partition coefficient (Wildman–Crippen LogP) is 5.29. The second kappa shape index (κ2) is 6.42. The summed E-state index contributed by atoms with van der Waals surface area (Å²) in [6, 6.07) is 9.73. The number of hydrogen-bond donors (Lipinski definition) is 0. The molecule has 0 saturated heterocycles. The van der Waals surface area contributed by atoms with E-state index in [1.54, 1.807) is 11.3 Å². The first-order valence-corrected chi connectivity index (χ1v) is 9.00. The van der Waals surface area contributed by atoms with Crippen molar-refractivity contribution in [2.24, 2.45) is 0 Å². The molecule has 2 atom stereocenters. The van der Waals surface area contributed by atoms with E-state index in [1.807, 2.05) is 35.7 Å². The van der Waals surface area contributed by atoms with Crippen molar-refractivity contribution >= 4 is 33.0 Å². The highest BCUT2D eigenvalue weighted by atomic mass is 79.9. The minimum Gasteiger partial charge on any atom is -0.371 e. The molecule has 1 aromatic carbocycles. The summed E-state index contributed by atoms with van der Waals surface area (Å²) in [6.07, 6.45) is 2.04. The van der Waals surface area contributed by atoms with Crippen LogP contribution in [0.25, 0.3) is 0 Å². The number of halogens is 1. The molecule has 0 aliphatic heterocycles. The summed E-state index contributed by atoms with van der Waals surface area (Å²) in [4.78, 5) is 13.8. The summed E-state index contributed by atoms with van der Waals surface area (Å²) in [5.74, 6) is 0.105. The molecule has 4 heteroatoms. The topological polar surface area (TPSA) is 26.3 Å². The molecule has 0 amide bonds. The lowest BCUT2D eigenvalue weighted by molar-refractivity contribution is 0.0525. The van der Waals surface area contributed by atoms with Gasteiger partial charge in [-0.25, -0.2) is 0 Å². The summed E-state index contributed by atoms with van der Waals surface area (Å²) >= 11 is 5.37. The Hall–Kier alpha value is -0.970. The normalized spacial score (nSPS) is 20.8. The first-order chi connectivity index (χ1) is 10.2. The Kier molecular flexibility index (Phi) is 4.57. The van der Waals surface area contributed by atoms with E-state index in [0.29, 0.717) is 0 Å². The molecular weight excluding hydrogens is 348 g/mol. The van der Waals surface area contributed by atoms with Crippen LogP contribution in [0.1, 0.15) is 57.1 Å². The fraction of sp³-hybridized carbons (Fsp3) is 0.353. The van der Waals surface area contributed by atoms with Gasteiger partial charge in [0.15, 0.2) is 5.78 Å². The number of carbonyl (C=O) groups excluding carboxylic acids is 1. The van der Waals surface area contributed by atoms with Crippen LogP contribution in [-0.2, 0) is 4.74 Å². The summed E-state index contributed by atoms with van der Waals surface area (Å²) < 4.78 is 6.12. The van der Waals surface area contributed by atoms with Crippen LogP contribution in [0.2, 0.25) is 0 Å². The largest absolute Gasteiger partial charge is 0.371 e. The molecule has 0 fully saturated rings. The Balaban J connectivity index is 2.05. The van der Waals surface area contributed by atoms with Crippen molar-refractivity contribution in [1.29, 1.82) is 0 Å². The molecule has 1 aliphatic rings. The van der Waals surface area contributed by atoms with Gasteiger partial charge in [0.25, 0.3) is 0 Å². The average molecular weight is 365 g/mol. The number of carbonyl (C=O) groups is 1. The number of fused-ring (bicyclic) bond motifs is 2. The van der Waals surface area contributed by atoms with Gasteiger partial charge in [0, 0.05) is 22.6 Å². The van der Waals surface area contributed by atoms with Crippen molar-refractivity contribution in [3.05, 3.63) is 57.3 Å². The molecule has 110 valence electrons. The molecule has 1 aliphatic carbocycles. The fourth-order valence-electron chi connectivity index (χ4n) is 2.63. The second-order valence-electron chi connectivity index (χ2n) is 5.16. The average Bonchev–Trinajstić information content (AvgIpc) is 2.97. The molecular formula is C17H17BrO2S. The third kappa shape index (κ3) is 2.72. The Morgan fingerprint density at radius 1 is 1.24 bits per heavy atom. The van der Waals surface area contributed by atoms with Crippen molar-refractivity contribution in [2.45, 2.75) is 30.7 Å². The maximum absolute atomic E-state index is 12.7. The van der Waals surface area contributed by atoms with E-state index in [-0.39, 0.29) is 16.7 Å². The molecule has 1 heterocycles. The SMILES string of the molecule is CCCCOC1c2sccc2C(=O)c2ccccc2C1Br. The molecule has 2 unspecified atom stereocenters. The van der Waals surface area contributed by atoms with Crippen LogP contribution in [0.4, 0.5) is 0 Å². The van der Waals surface area contributed by atoms with E-state index in [9.17, 15) is 4.79 Å². The van der Waals surface area contributed by atoms with Crippen LogP contribution in [-0.4, -0.2) is 12.4 Å². The van der Waals surface area contributed by atoms with Crippen molar-refractivity contribution in [1.82, 2.24) is 0 Å². The minimum absolute atomic E-state index is 0.00871. The van der Waals surface area contributed by atoms with Gasteiger partial charge >= 0.3 is 0 Å². The number of thiophene rings is 1. The maximum atomic E-state index is 12.7. The van der Waals surface area contributed by atoms with Crippen molar-refractivity contribution in [3.63, 3.8) is 0 Å². The molecule has 0 saturated carbocycles. The molecule has 0 bridgehead atoms. The van der Waals surface area contributed by atoms with Gasteiger partial charge in [0.2, 0.25) is 0 Å². The van der Waals surface area contributed by atoms with Gasteiger partial charge in [0.05, 0.1) is 4.83 Å². The van der Waals surface area contributed by atoms with Crippen molar-refractivity contribution < 1.29 is 9.53 Å². The number of ether oxygens (including phenoxy) is 1. The Bertz CT molecular complexity index is 650. The first-order valence-electron chi connectivity index (χ1n) is 7.20. The zero-order valence-electron chi connectivity index (χ0n) is 11.8. The smallest absolute Gasteiger partial charge is 0.194 e. The van der Waals surface area contributed by atoms with E-state index < -0.39 is 0 Å². The van der Waals surface area contributed by atoms with E-state index in [0.717, 1.165) is 41.0 Å². The molecule has 0 radical (unpaired) electrons. The molecule has 1 aromatic heterocycles. The summed E-state index contributed by atoms with van der Waals surface area (Å²) in [7, 11) is 0. The zero-order chi connectivity index (χ0) is 14.8. The lowest BCUT2D eigenvalue weighted by Crippen LogP contribution is -2.10. The number of benzene rings is 1. The van der Waals surface area contributed by atoms with Crippen molar-refractivity contribution in [2.75, 3.05) is 6.61 Å². The molecule has 2 aromatic rings. The van der Waals surface area contributed by atoms with Gasteiger partial charge in [-0.15, -0.1) is 11.3 Å². The van der Waals surface area contributed by atoms with Gasteiger partial charge in [-0.2, -0.15) is 0 Å². The number of unbranched alkanes of at least 4 members (excludes halogenated alkanes) is 1. The Morgan fingerprint density at radius 3 is 2.86 bits per heavy atom. The molecule has 0 spiro atoms. The van der Waals surface area contributed by atoms with E-state index in [1.165, 1.54) is 0 Å². The standard InChI is InChI=1S/C17H17BrO2S/c1-2-3-9-20-16-14(18)11-6-4-5-7-12(11)15(19)13-8-10-21-17(13)16/h4-8,10,14,16H,2-3,9H2,1H3. The maximum Gasteiger partial charge on any atom is 0.194 e. The number of ketones is 1. The van der Waals surface area contributed by atoms with Crippen molar-refractivity contribution in [3.8, 4) is 0 Å².